The molecule has 3 heterocycles. The third kappa shape index (κ3) is 2.42. The number of hydrogen-bond donors (Lipinski definition) is 2. The summed E-state index contributed by atoms with van der Waals surface area (Å²) in [6, 6.07) is 0. The van der Waals surface area contributed by atoms with Crippen molar-refractivity contribution >= 4 is 40.5 Å². The number of imidazole rings is 1. The van der Waals surface area contributed by atoms with Crippen LogP contribution in [0.2, 0.25) is 5.28 Å². The van der Waals surface area contributed by atoms with Gasteiger partial charge in [-0.25, -0.2) is 15.0 Å². The number of nitrogens with one attached hydrogen (secondary N) is 2. The van der Waals surface area contributed by atoms with Crippen molar-refractivity contribution in [1.29, 1.82) is 0 Å². The van der Waals surface area contributed by atoms with Gasteiger partial charge in [0, 0.05) is 7.05 Å². The fraction of sp³-hybridized carbons (Fsp3) is 0.111. The Kier molecular flexibility index (Phi) is 3.13. The van der Waals surface area contributed by atoms with Crippen molar-refractivity contribution in [2.24, 2.45) is 0 Å². The van der Waals surface area contributed by atoms with Crippen LogP contribution in [0, 0.1) is 0 Å². The van der Waals surface area contributed by atoms with E-state index in [0.29, 0.717) is 21.8 Å². The summed E-state index contributed by atoms with van der Waals surface area (Å²) in [5.41, 5.74) is 1.32. The number of rotatable bonds is 3. The van der Waals surface area contributed by atoms with E-state index in [1.807, 2.05) is 0 Å². The third-order valence-corrected chi connectivity index (χ3v) is 3.22. The van der Waals surface area contributed by atoms with Crippen LogP contribution in [-0.4, -0.2) is 41.9 Å². The molecule has 3 aromatic heterocycles. The summed E-state index contributed by atoms with van der Waals surface area (Å²) in [6.45, 7) is 0. The average Bonchev–Trinajstić information content (AvgIpc) is 2.87. The number of H-pyrrole nitrogens is 1. The number of anilines is 1. The van der Waals surface area contributed by atoms with Gasteiger partial charge in [-0.15, -0.1) is 0 Å². The minimum atomic E-state index is 0.122. The van der Waals surface area contributed by atoms with Crippen molar-refractivity contribution in [1.82, 2.24) is 34.9 Å². The average molecular weight is 295 g/mol. The number of halogens is 1. The van der Waals surface area contributed by atoms with Crippen molar-refractivity contribution in [2.45, 2.75) is 10.2 Å². The van der Waals surface area contributed by atoms with Gasteiger partial charge >= 0.3 is 0 Å². The first kappa shape index (κ1) is 12.1. The van der Waals surface area contributed by atoms with E-state index in [-0.39, 0.29) is 5.28 Å². The molecule has 0 spiro atoms. The molecule has 0 aliphatic carbocycles. The van der Waals surface area contributed by atoms with Crippen LogP contribution in [0.25, 0.3) is 11.2 Å². The van der Waals surface area contributed by atoms with E-state index >= 15 is 0 Å². The van der Waals surface area contributed by atoms with Crippen LogP contribution < -0.4 is 5.32 Å². The Balaban J connectivity index is 2.01. The van der Waals surface area contributed by atoms with Crippen LogP contribution in [-0.2, 0) is 0 Å². The third-order valence-electron chi connectivity index (χ3n) is 2.19. The molecule has 3 aromatic rings. The molecular formula is C9H7ClN8S. The second kappa shape index (κ2) is 4.94. The molecule has 10 heteroatoms. The number of nitrogens with zero attached hydrogens (tertiary/aromatic N) is 6. The van der Waals surface area contributed by atoms with Crippen molar-refractivity contribution in [3.05, 3.63) is 17.9 Å². The predicted octanol–water partition coefficient (Wildman–Crippen LogP) is 1.38. The van der Waals surface area contributed by atoms with Gasteiger partial charge in [0.05, 0.1) is 6.33 Å². The minimum Gasteiger partial charge on any atom is -0.357 e. The zero-order valence-corrected chi connectivity index (χ0v) is 11.2. The van der Waals surface area contributed by atoms with E-state index in [9.17, 15) is 0 Å². The first-order chi connectivity index (χ1) is 9.26. The Morgan fingerprint density at radius 3 is 2.95 bits per heavy atom. The minimum absolute atomic E-state index is 0.122. The number of aromatic nitrogens is 7. The number of fused-ring (bicyclic) bond motifs is 1. The SMILES string of the molecule is CNc1nc(Cl)nc(Sc2ncnc3nc[nH]c23)n1. The zero-order chi connectivity index (χ0) is 13.2. The summed E-state index contributed by atoms with van der Waals surface area (Å²) >= 11 is 7.08. The molecule has 0 atom stereocenters. The first-order valence-corrected chi connectivity index (χ1v) is 6.37. The van der Waals surface area contributed by atoms with E-state index in [0.717, 1.165) is 5.52 Å². The van der Waals surface area contributed by atoms with E-state index in [4.69, 9.17) is 11.6 Å². The van der Waals surface area contributed by atoms with Crippen LogP contribution in [0.3, 0.4) is 0 Å². The Morgan fingerprint density at radius 2 is 2.11 bits per heavy atom. The smallest absolute Gasteiger partial charge is 0.228 e. The van der Waals surface area contributed by atoms with Crippen molar-refractivity contribution in [2.75, 3.05) is 12.4 Å². The van der Waals surface area contributed by atoms with E-state index in [2.05, 4.69) is 40.2 Å². The molecule has 0 aliphatic rings. The molecule has 8 nitrogen and oxygen atoms in total. The van der Waals surface area contributed by atoms with Crippen LogP contribution in [0.4, 0.5) is 5.95 Å². The molecule has 96 valence electrons. The van der Waals surface area contributed by atoms with Crippen molar-refractivity contribution in [3.63, 3.8) is 0 Å². The zero-order valence-electron chi connectivity index (χ0n) is 9.62. The molecule has 3 rings (SSSR count). The molecule has 0 saturated carbocycles. The first-order valence-electron chi connectivity index (χ1n) is 5.17. The molecule has 0 bridgehead atoms. The predicted molar refractivity (Wildman–Crippen MR) is 70.2 cm³/mol. The summed E-state index contributed by atoms with van der Waals surface area (Å²) in [7, 11) is 1.71. The highest BCUT2D eigenvalue weighted by Crippen LogP contribution is 2.27. The second-order valence-corrected chi connectivity index (χ2v) is 4.64. The lowest BCUT2D eigenvalue weighted by Gasteiger charge is -2.02. The fourth-order valence-electron chi connectivity index (χ4n) is 1.40. The molecule has 0 fully saturated rings. The Morgan fingerprint density at radius 1 is 1.21 bits per heavy atom. The summed E-state index contributed by atoms with van der Waals surface area (Å²) in [5.74, 6) is 0.400. The molecule has 0 unspecified atom stereocenters. The number of hydrogen-bond acceptors (Lipinski definition) is 8. The number of aromatic amines is 1. The van der Waals surface area contributed by atoms with Crippen molar-refractivity contribution < 1.29 is 0 Å². The fourth-order valence-corrected chi connectivity index (χ4v) is 2.40. The normalized spacial score (nSPS) is 10.8. The molecule has 2 N–H and O–H groups in total. The van der Waals surface area contributed by atoms with Gasteiger partial charge in [-0.1, -0.05) is 0 Å². The van der Waals surface area contributed by atoms with E-state index < -0.39 is 0 Å². The molecule has 0 amide bonds. The maximum absolute atomic E-state index is 5.82. The molecule has 0 saturated heterocycles. The maximum atomic E-state index is 5.82. The summed E-state index contributed by atoms with van der Waals surface area (Å²) in [4.78, 5) is 27.4. The van der Waals surface area contributed by atoms with E-state index in [1.54, 1.807) is 13.4 Å². The van der Waals surface area contributed by atoms with Gasteiger partial charge in [0.1, 0.15) is 16.9 Å². The van der Waals surface area contributed by atoms with Gasteiger partial charge in [0.2, 0.25) is 11.2 Å². The molecule has 0 radical (unpaired) electrons. The largest absolute Gasteiger partial charge is 0.357 e. The van der Waals surface area contributed by atoms with Gasteiger partial charge < -0.3 is 10.3 Å². The van der Waals surface area contributed by atoms with Crippen LogP contribution in [0.1, 0.15) is 0 Å². The van der Waals surface area contributed by atoms with Crippen molar-refractivity contribution in [3.8, 4) is 0 Å². The Labute approximate surface area is 116 Å². The monoisotopic (exact) mass is 294 g/mol. The molecule has 0 aliphatic heterocycles. The van der Waals surface area contributed by atoms with Gasteiger partial charge in [-0.05, 0) is 23.4 Å². The standard InChI is InChI=1S/C9H7ClN8S/c1-11-8-16-7(10)17-9(18-8)19-6-4-5(13-2-12-4)14-3-15-6/h2-3H,1H3,(H,11,16,17,18)(H,12,13,14,15). The lowest BCUT2D eigenvalue weighted by Crippen LogP contribution is -2.00. The maximum Gasteiger partial charge on any atom is 0.228 e. The summed E-state index contributed by atoms with van der Waals surface area (Å²) in [5, 5.41) is 4.05. The lowest BCUT2D eigenvalue weighted by molar-refractivity contribution is 0.905. The van der Waals surface area contributed by atoms with E-state index in [1.165, 1.54) is 18.1 Å². The highest BCUT2D eigenvalue weighted by Gasteiger charge is 2.11. The lowest BCUT2D eigenvalue weighted by atomic mass is 10.6. The van der Waals surface area contributed by atoms with Crippen LogP contribution >= 0.6 is 23.4 Å². The summed E-state index contributed by atoms with van der Waals surface area (Å²) in [6.07, 6.45) is 3.00. The Hall–Kier alpha value is -2.00. The van der Waals surface area contributed by atoms with Gasteiger partial charge in [0.15, 0.2) is 10.8 Å². The van der Waals surface area contributed by atoms with Gasteiger partial charge in [0.25, 0.3) is 0 Å². The quantitative estimate of drug-likeness (QED) is 0.698. The topological polar surface area (TPSA) is 105 Å². The summed E-state index contributed by atoms with van der Waals surface area (Å²) < 4.78 is 0. The van der Waals surface area contributed by atoms with Gasteiger partial charge in [-0.3, -0.25) is 0 Å². The Bertz CT molecular complexity index is 729. The molecule has 19 heavy (non-hydrogen) atoms. The highest BCUT2D eigenvalue weighted by molar-refractivity contribution is 7.99. The highest BCUT2D eigenvalue weighted by atomic mass is 35.5. The van der Waals surface area contributed by atoms with Gasteiger partial charge in [-0.2, -0.15) is 15.0 Å². The molecule has 0 aromatic carbocycles. The molecular weight excluding hydrogens is 288 g/mol. The van der Waals surface area contributed by atoms with Crippen LogP contribution in [0.15, 0.2) is 22.8 Å². The second-order valence-electron chi connectivity index (χ2n) is 3.34. The van der Waals surface area contributed by atoms with Crippen LogP contribution in [0.5, 0.6) is 0 Å².